The van der Waals surface area contributed by atoms with Crippen LogP contribution in [0.5, 0.6) is 0 Å². The van der Waals surface area contributed by atoms with E-state index in [0.717, 1.165) is 22.2 Å². The predicted molar refractivity (Wildman–Crippen MR) is 95.6 cm³/mol. The molecule has 1 atom stereocenters. The number of thiophene rings is 1. The van der Waals surface area contributed by atoms with Crippen molar-refractivity contribution in [3.05, 3.63) is 57.9 Å². The minimum absolute atomic E-state index is 0.172. The van der Waals surface area contributed by atoms with Crippen LogP contribution in [-0.4, -0.2) is 22.8 Å². The number of nitrogens with one attached hydrogen (secondary N) is 1. The lowest BCUT2D eigenvalue weighted by atomic mass is 10.0. The molecule has 0 saturated carbocycles. The summed E-state index contributed by atoms with van der Waals surface area (Å²) in [4.78, 5) is 27.9. The first kappa shape index (κ1) is 16.5. The number of carbonyl (C=O) groups excluding carboxylic acids is 2. The van der Waals surface area contributed by atoms with Gasteiger partial charge in [-0.15, -0.1) is 0 Å². The van der Waals surface area contributed by atoms with Gasteiger partial charge in [0.1, 0.15) is 0 Å². The number of rotatable bonds is 6. The highest BCUT2D eigenvalue weighted by Crippen LogP contribution is 2.24. The van der Waals surface area contributed by atoms with E-state index in [1.165, 1.54) is 0 Å². The molecule has 0 radical (unpaired) electrons. The van der Waals surface area contributed by atoms with Gasteiger partial charge >= 0.3 is 5.97 Å². The van der Waals surface area contributed by atoms with Gasteiger partial charge in [0.25, 0.3) is 0 Å². The van der Waals surface area contributed by atoms with Crippen molar-refractivity contribution in [3.63, 3.8) is 0 Å². The Morgan fingerprint density at radius 1 is 1.25 bits per heavy atom. The average molecular weight is 341 g/mol. The first-order valence-corrected chi connectivity index (χ1v) is 8.82. The highest BCUT2D eigenvalue weighted by Gasteiger charge is 2.24. The molecule has 24 heavy (non-hydrogen) atoms. The molecule has 2 heterocycles. The summed E-state index contributed by atoms with van der Waals surface area (Å²) in [5.74, 6) is -0.520. The van der Waals surface area contributed by atoms with Crippen molar-refractivity contribution in [1.82, 2.24) is 4.98 Å². The SMILES string of the molecule is Cc1[nH]c2ccccc2c1C(=O)C(C)OC(=O)CCc1ccsc1. The van der Waals surface area contributed by atoms with E-state index in [1.54, 1.807) is 18.3 Å². The molecule has 0 spiro atoms. The van der Waals surface area contributed by atoms with E-state index >= 15 is 0 Å². The maximum absolute atomic E-state index is 12.7. The number of hydrogen-bond donors (Lipinski definition) is 1. The standard InChI is InChI=1S/C19H19NO3S/c1-12-18(15-5-3-4-6-16(15)20-12)19(22)13(2)23-17(21)8-7-14-9-10-24-11-14/h3-6,9-11,13,20H,7-8H2,1-2H3. The number of aryl methyl sites for hydroxylation is 2. The minimum atomic E-state index is -0.794. The van der Waals surface area contributed by atoms with Crippen LogP contribution < -0.4 is 0 Å². The molecule has 0 saturated heterocycles. The number of carbonyl (C=O) groups is 2. The molecule has 0 aliphatic carbocycles. The third-order valence-corrected chi connectivity index (χ3v) is 4.75. The fourth-order valence-electron chi connectivity index (χ4n) is 2.79. The summed E-state index contributed by atoms with van der Waals surface area (Å²) in [6, 6.07) is 9.62. The van der Waals surface area contributed by atoms with E-state index in [9.17, 15) is 9.59 Å². The van der Waals surface area contributed by atoms with E-state index in [4.69, 9.17) is 4.74 Å². The van der Waals surface area contributed by atoms with E-state index in [0.29, 0.717) is 12.0 Å². The molecule has 0 bridgehead atoms. The number of benzene rings is 1. The van der Waals surface area contributed by atoms with E-state index in [-0.39, 0.29) is 18.2 Å². The van der Waals surface area contributed by atoms with Gasteiger partial charge in [-0.05, 0) is 48.7 Å². The van der Waals surface area contributed by atoms with Crippen molar-refractivity contribution < 1.29 is 14.3 Å². The van der Waals surface area contributed by atoms with E-state index < -0.39 is 6.10 Å². The maximum atomic E-state index is 12.7. The van der Waals surface area contributed by atoms with Crippen LogP contribution in [0.2, 0.25) is 0 Å². The predicted octanol–water partition coefficient (Wildman–Crippen LogP) is 4.29. The molecule has 1 unspecified atom stereocenters. The molecule has 4 nitrogen and oxygen atoms in total. The second kappa shape index (κ2) is 7.01. The number of ketones is 1. The number of aromatic amines is 1. The Morgan fingerprint density at radius 2 is 2.04 bits per heavy atom. The quantitative estimate of drug-likeness (QED) is 0.537. The van der Waals surface area contributed by atoms with Crippen molar-refractivity contribution in [3.8, 4) is 0 Å². The zero-order valence-corrected chi connectivity index (χ0v) is 14.5. The Morgan fingerprint density at radius 3 is 2.79 bits per heavy atom. The van der Waals surface area contributed by atoms with E-state index in [2.05, 4.69) is 4.98 Å². The normalized spacial score (nSPS) is 12.2. The average Bonchev–Trinajstić information content (AvgIpc) is 3.18. The highest BCUT2D eigenvalue weighted by molar-refractivity contribution is 7.07. The number of para-hydroxylation sites is 1. The summed E-state index contributed by atoms with van der Waals surface area (Å²) in [5.41, 5.74) is 3.42. The summed E-state index contributed by atoms with van der Waals surface area (Å²) >= 11 is 1.60. The summed E-state index contributed by atoms with van der Waals surface area (Å²) in [5, 5.41) is 4.85. The molecule has 1 N–H and O–H groups in total. The summed E-state index contributed by atoms with van der Waals surface area (Å²) < 4.78 is 5.34. The van der Waals surface area contributed by atoms with Crippen molar-refractivity contribution in [2.75, 3.05) is 0 Å². The minimum Gasteiger partial charge on any atom is -0.454 e. The molecule has 0 amide bonds. The van der Waals surface area contributed by atoms with Crippen molar-refractivity contribution in [2.24, 2.45) is 0 Å². The molecule has 0 aliphatic rings. The second-order valence-electron chi connectivity index (χ2n) is 5.80. The molecule has 124 valence electrons. The number of H-pyrrole nitrogens is 1. The second-order valence-corrected chi connectivity index (χ2v) is 6.58. The van der Waals surface area contributed by atoms with Gasteiger partial charge in [0.15, 0.2) is 6.10 Å². The third-order valence-electron chi connectivity index (χ3n) is 4.02. The maximum Gasteiger partial charge on any atom is 0.306 e. The van der Waals surface area contributed by atoms with Gasteiger partial charge in [-0.1, -0.05) is 18.2 Å². The highest BCUT2D eigenvalue weighted by atomic mass is 32.1. The van der Waals surface area contributed by atoms with Crippen LogP contribution in [-0.2, 0) is 16.0 Å². The Labute approximate surface area is 144 Å². The van der Waals surface area contributed by atoms with Gasteiger partial charge in [-0.2, -0.15) is 11.3 Å². The lowest BCUT2D eigenvalue weighted by molar-refractivity contribution is -0.146. The molecule has 3 aromatic rings. The Bertz CT molecular complexity index is 864. The topological polar surface area (TPSA) is 59.2 Å². The van der Waals surface area contributed by atoms with Gasteiger partial charge in [0.2, 0.25) is 5.78 Å². The van der Waals surface area contributed by atoms with Gasteiger partial charge in [0.05, 0.1) is 0 Å². The van der Waals surface area contributed by atoms with Gasteiger partial charge in [-0.25, -0.2) is 0 Å². The molecule has 0 aliphatic heterocycles. The largest absolute Gasteiger partial charge is 0.454 e. The smallest absolute Gasteiger partial charge is 0.306 e. The number of ether oxygens (including phenoxy) is 1. The molecular formula is C19H19NO3S. The van der Waals surface area contributed by atoms with Crippen molar-refractivity contribution in [2.45, 2.75) is 32.8 Å². The molecule has 1 aromatic carbocycles. The number of hydrogen-bond acceptors (Lipinski definition) is 4. The Hall–Kier alpha value is -2.40. The summed E-state index contributed by atoms with van der Waals surface area (Å²) in [7, 11) is 0. The Kier molecular flexibility index (Phi) is 4.81. The fraction of sp³-hybridized carbons (Fsp3) is 0.263. The van der Waals surface area contributed by atoms with Gasteiger partial charge < -0.3 is 9.72 Å². The summed E-state index contributed by atoms with van der Waals surface area (Å²) in [6.45, 7) is 3.49. The zero-order chi connectivity index (χ0) is 17.1. The first-order chi connectivity index (χ1) is 11.6. The van der Waals surface area contributed by atoms with Crippen LogP contribution in [0.15, 0.2) is 41.1 Å². The summed E-state index contributed by atoms with van der Waals surface area (Å²) in [6.07, 6.45) is 0.120. The van der Waals surface area contributed by atoms with Crippen LogP contribution in [0.3, 0.4) is 0 Å². The first-order valence-electron chi connectivity index (χ1n) is 7.88. The van der Waals surface area contributed by atoms with Gasteiger partial charge in [0, 0.05) is 28.6 Å². The van der Waals surface area contributed by atoms with E-state index in [1.807, 2.05) is 48.0 Å². The van der Waals surface area contributed by atoms with Crippen LogP contribution in [0.4, 0.5) is 0 Å². The Balaban J connectivity index is 1.67. The lowest BCUT2D eigenvalue weighted by Crippen LogP contribution is -2.25. The molecule has 5 heteroatoms. The van der Waals surface area contributed by atoms with Crippen LogP contribution in [0, 0.1) is 6.92 Å². The number of esters is 1. The number of fused-ring (bicyclic) bond motifs is 1. The number of aromatic nitrogens is 1. The molecular weight excluding hydrogens is 322 g/mol. The zero-order valence-electron chi connectivity index (χ0n) is 13.7. The van der Waals surface area contributed by atoms with Crippen LogP contribution >= 0.6 is 11.3 Å². The fourth-order valence-corrected chi connectivity index (χ4v) is 3.49. The molecule has 0 fully saturated rings. The van der Waals surface area contributed by atoms with Crippen molar-refractivity contribution >= 4 is 34.0 Å². The number of Topliss-reactive ketones (excluding diaryl/α,β-unsaturated/α-hetero) is 1. The van der Waals surface area contributed by atoms with Crippen molar-refractivity contribution in [1.29, 1.82) is 0 Å². The monoisotopic (exact) mass is 341 g/mol. The molecule has 2 aromatic heterocycles. The van der Waals surface area contributed by atoms with Crippen LogP contribution in [0.1, 0.15) is 35.0 Å². The third kappa shape index (κ3) is 3.41. The van der Waals surface area contributed by atoms with Gasteiger partial charge in [-0.3, -0.25) is 9.59 Å². The van der Waals surface area contributed by atoms with Crippen LogP contribution in [0.25, 0.3) is 10.9 Å². The lowest BCUT2D eigenvalue weighted by Gasteiger charge is -2.12. The molecule has 3 rings (SSSR count).